The number of hydrogen-bond donors (Lipinski definition) is 0. The van der Waals surface area contributed by atoms with Gasteiger partial charge in [-0.25, -0.2) is 4.79 Å². The number of likely N-dealkylation sites (N-methyl/N-ethyl adjacent to an activating group) is 1. The summed E-state index contributed by atoms with van der Waals surface area (Å²) in [6.07, 6.45) is 5.39. The van der Waals surface area contributed by atoms with Crippen LogP contribution < -0.4 is 0 Å². The first kappa shape index (κ1) is 19.6. The van der Waals surface area contributed by atoms with Gasteiger partial charge < -0.3 is 4.90 Å². The Labute approximate surface area is 181 Å². The van der Waals surface area contributed by atoms with Gasteiger partial charge in [0.2, 0.25) is 0 Å². The molecule has 3 aliphatic carbocycles. The Morgan fingerprint density at radius 1 is 1.10 bits per heavy atom. The molecule has 1 saturated heterocycles. The van der Waals surface area contributed by atoms with Crippen LogP contribution in [0.5, 0.6) is 0 Å². The Kier molecular flexibility index (Phi) is 4.44. The van der Waals surface area contributed by atoms with Gasteiger partial charge >= 0.3 is 6.03 Å². The molecule has 5 nitrogen and oxygen atoms in total. The fraction of sp³-hybridized carbons (Fsp3) is 0.458. The molecule has 1 unspecified atom stereocenters. The fourth-order valence-electron chi connectivity index (χ4n) is 5.71. The molecule has 4 bridgehead atoms. The molecule has 5 rings (SSSR count). The van der Waals surface area contributed by atoms with Crippen LogP contribution in [0.1, 0.15) is 44.6 Å². The summed E-state index contributed by atoms with van der Waals surface area (Å²) in [6.45, 7) is 1.60. The second-order valence-corrected chi connectivity index (χ2v) is 9.52. The largest absolute Gasteiger partial charge is 0.327 e. The molecule has 1 atom stereocenters. The minimum Gasteiger partial charge on any atom is -0.313 e. The second kappa shape index (κ2) is 6.81. The predicted molar refractivity (Wildman–Crippen MR) is 114 cm³/mol. The number of fused-ring (bicyclic) bond motifs is 4. The molecule has 3 fully saturated rings. The highest BCUT2D eigenvalue weighted by molar-refractivity contribution is 6.31. The van der Waals surface area contributed by atoms with E-state index in [1.165, 1.54) is 27.2 Å². The molecule has 4 aliphatic rings. The van der Waals surface area contributed by atoms with E-state index in [1.54, 1.807) is 20.0 Å². The van der Waals surface area contributed by atoms with Gasteiger partial charge in [-0.3, -0.25) is 14.5 Å². The summed E-state index contributed by atoms with van der Waals surface area (Å²) in [7, 11) is 1.63. The van der Waals surface area contributed by atoms with Crippen molar-refractivity contribution in [1.82, 2.24) is 9.80 Å². The van der Waals surface area contributed by atoms with Gasteiger partial charge in [0.05, 0.1) is 12.5 Å². The van der Waals surface area contributed by atoms with Crippen LogP contribution in [0.4, 0.5) is 4.79 Å². The monoisotopic (exact) mass is 424 g/mol. The first-order valence-electron chi connectivity index (χ1n) is 10.6. The van der Waals surface area contributed by atoms with Crippen molar-refractivity contribution >= 4 is 29.3 Å². The molecule has 0 N–H and O–H groups in total. The van der Waals surface area contributed by atoms with Crippen LogP contribution >= 0.6 is 11.6 Å². The van der Waals surface area contributed by atoms with Crippen molar-refractivity contribution in [1.29, 1.82) is 0 Å². The Balaban J connectivity index is 1.39. The minimum atomic E-state index is -1.06. The zero-order valence-electron chi connectivity index (χ0n) is 17.3. The number of imide groups is 1. The van der Waals surface area contributed by atoms with Crippen molar-refractivity contribution in [3.8, 4) is 0 Å². The molecule has 0 spiro atoms. The summed E-state index contributed by atoms with van der Waals surface area (Å²) in [4.78, 5) is 42.2. The second-order valence-electron chi connectivity index (χ2n) is 9.11. The number of benzene rings is 1. The van der Waals surface area contributed by atoms with Gasteiger partial charge in [0.25, 0.3) is 5.91 Å². The number of nitrogens with zero attached hydrogens (tertiary/aromatic N) is 2. The Morgan fingerprint density at radius 3 is 2.37 bits per heavy atom. The van der Waals surface area contributed by atoms with Crippen LogP contribution in [0, 0.1) is 5.92 Å². The number of urea groups is 1. The average Bonchev–Trinajstić information content (AvgIpc) is 3.34. The van der Waals surface area contributed by atoms with Crippen molar-refractivity contribution in [2.45, 2.75) is 51.0 Å². The van der Waals surface area contributed by atoms with E-state index in [9.17, 15) is 14.4 Å². The molecular weight excluding hydrogens is 400 g/mol. The van der Waals surface area contributed by atoms with Crippen LogP contribution in [0.25, 0.3) is 0 Å². The van der Waals surface area contributed by atoms with Crippen LogP contribution in [0.2, 0.25) is 5.02 Å². The summed E-state index contributed by atoms with van der Waals surface area (Å²) in [6, 6.07) is 6.93. The van der Waals surface area contributed by atoms with E-state index in [2.05, 4.69) is 0 Å². The molecule has 0 radical (unpaired) electrons. The molecule has 156 valence electrons. The molecule has 1 aromatic rings. The van der Waals surface area contributed by atoms with Gasteiger partial charge in [0.15, 0.2) is 5.78 Å². The molecule has 2 saturated carbocycles. The number of Topliss-reactive ketones (excluding diaryl/α,β-unsaturated/α-hetero) is 1. The minimum absolute atomic E-state index is 0.0220. The number of carbonyl (C=O) groups is 3. The summed E-state index contributed by atoms with van der Waals surface area (Å²) in [5, 5.41) is 0.568. The summed E-state index contributed by atoms with van der Waals surface area (Å²) >= 11 is 6.30. The highest BCUT2D eigenvalue weighted by atomic mass is 35.5. The van der Waals surface area contributed by atoms with Gasteiger partial charge in [0.1, 0.15) is 5.54 Å². The molecule has 1 aliphatic heterocycles. The molecule has 3 amide bonds. The lowest BCUT2D eigenvalue weighted by molar-refractivity contribution is -0.135. The van der Waals surface area contributed by atoms with E-state index in [0.29, 0.717) is 11.4 Å². The SMILES string of the molecule is CN1C(=O)N(CC(=O)C2C3=C4CCC(=C2CC3)C4)C(=O)C1(C)Cc1ccccc1Cl. The number of amides is 3. The molecule has 6 heteroatoms. The topological polar surface area (TPSA) is 57.7 Å². The Hall–Kier alpha value is -2.40. The van der Waals surface area contributed by atoms with E-state index in [0.717, 1.165) is 42.6 Å². The first-order valence-corrected chi connectivity index (χ1v) is 11.0. The molecule has 1 heterocycles. The fourth-order valence-corrected chi connectivity index (χ4v) is 5.91. The highest BCUT2D eigenvalue weighted by Gasteiger charge is 2.53. The highest BCUT2D eigenvalue weighted by Crippen LogP contribution is 2.52. The van der Waals surface area contributed by atoms with Crippen molar-refractivity contribution in [2.24, 2.45) is 5.92 Å². The lowest BCUT2D eigenvalue weighted by Crippen LogP contribution is -2.47. The van der Waals surface area contributed by atoms with Gasteiger partial charge in [-0.1, -0.05) is 52.1 Å². The molecule has 30 heavy (non-hydrogen) atoms. The number of hydrogen-bond acceptors (Lipinski definition) is 3. The Morgan fingerprint density at radius 2 is 1.73 bits per heavy atom. The van der Waals surface area contributed by atoms with E-state index in [-0.39, 0.29) is 24.2 Å². The van der Waals surface area contributed by atoms with Crippen molar-refractivity contribution < 1.29 is 14.4 Å². The summed E-state index contributed by atoms with van der Waals surface area (Å²) < 4.78 is 0. The summed E-state index contributed by atoms with van der Waals surface area (Å²) in [5.74, 6) is -0.552. The first-order chi connectivity index (χ1) is 14.3. The lowest BCUT2D eigenvalue weighted by Gasteiger charge is -2.28. The maximum Gasteiger partial charge on any atom is 0.327 e. The number of carbonyl (C=O) groups excluding carboxylic acids is 3. The van der Waals surface area contributed by atoms with Crippen molar-refractivity contribution in [3.63, 3.8) is 0 Å². The molecule has 0 aromatic heterocycles. The normalized spacial score (nSPS) is 26.0. The predicted octanol–water partition coefficient (Wildman–Crippen LogP) is 4.31. The number of halogens is 1. The van der Waals surface area contributed by atoms with E-state index >= 15 is 0 Å². The smallest absolute Gasteiger partial charge is 0.313 e. The van der Waals surface area contributed by atoms with Crippen molar-refractivity contribution in [2.75, 3.05) is 13.6 Å². The van der Waals surface area contributed by atoms with Crippen molar-refractivity contribution in [3.05, 3.63) is 57.1 Å². The maximum absolute atomic E-state index is 13.3. The van der Waals surface area contributed by atoms with E-state index < -0.39 is 11.6 Å². The maximum atomic E-state index is 13.3. The number of rotatable bonds is 5. The quantitative estimate of drug-likeness (QED) is 0.523. The van der Waals surface area contributed by atoms with Gasteiger partial charge in [-0.15, -0.1) is 0 Å². The third-order valence-electron chi connectivity index (χ3n) is 7.52. The zero-order valence-corrected chi connectivity index (χ0v) is 18.1. The Bertz CT molecular complexity index is 1030. The van der Waals surface area contributed by atoms with E-state index in [1.807, 2.05) is 18.2 Å². The van der Waals surface area contributed by atoms with E-state index in [4.69, 9.17) is 11.6 Å². The third kappa shape index (κ3) is 2.71. The lowest BCUT2D eigenvalue weighted by atomic mass is 9.84. The zero-order chi connectivity index (χ0) is 21.2. The van der Waals surface area contributed by atoms with Gasteiger partial charge in [-0.05, 0) is 50.7 Å². The average molecular weight is 425 g/mol. The molecular formula is C24H25ClN2O3. The number of ketones is 1. The van der Waals surface area contributed by atoms with Crippen LogP contribution in [-0.4, -0.2) is 46.7 Å². The standard InChI is InChI=1S/C24H25ClN2O3/c1-24(12-16-5-3-4-6-19(16)25)22(29)27(23(30)26(24)2)13-20(28)21-17-9-10-18(21)15-8-7-14(17)11-15/h3-6,21H,7-13H2,1-2H3. The number of allylic oxidation sites excluding steroid dienone is 4. The molecule has 1 aromatic carbocycles. The van der Waals surface area contributed by atoms with Gasteiger partial charge in [0, 0.05) is 18.5 Å². The van der Waals surface area contributed by atoms with Crippen LogP contribution in [-0.2, 0) is 16.0 Å². The van der Waals surface area contributed by atoms with Gasteiger partial charge in [-0.2, -0.15) is 0 Å². The van der Waals surface area contributed by atoms with Crippen LogP contribution in [0.3, 0.4) is 0 Å². The van der Waals surface area contributed by atoms with Crippen LogP contribution in [0.15, 0.2) is 46.6 Å². The third-order valence-corrected chi connectivity index (χ3v) is 7.89. The summed E-state index contributed by atoms with van der Waals surface area (Å²) in [5.41, 5.74) is 5.12.